The number of hydrogen-bond donors (Lipinski definition) is 3. The minimum atomic E-state index is -1.20. The molecular weight excluding hydrogens is 485 g/mol. The van der Waals surface area contributed by atoms with Crippen molar-refractivity contribution in [1.29, 1.82) is 0 Å². The fraction of sp³-hybridized carbons (Fsp3) is 0.320. The van der Waals surface area contributed by atoms with Gasteiger partial charge < -0.3 is 9.30 Å². The monoisotopic (exact) mass is 508 g/mol. The zero-order valence-corrected chi connectivity index (χ0v) is 21.0. The van der Waals surface area contributed by atoms with E-state index in [-0.39, 0.29) is 5.56 Å². The maximum atomic E-state index is 13.9. The van der Waals surface area contributed by atoms with E-state index in [1.165, 1.54) is 30.4 Å². The molecule has 0 radical (unpaired) electrons. The summed E-state index contributed by atoms with van der Waals surface area (Å²) in [5, 5.41) is 4.72. The zero-order valence-electron chi connectivity index (χ0n) is 18.3. The number of hydrogen-bond acceptors (Lipinski definition) is 7. The fourth-order valence-corrected chi connectivity index (χ4v) is 4.64. The van der Waals surface area contributed by atoms with Crippen LogP contribution in [-0.2, 0) is 6.54 Å². The standard InChI is InChI=1S/C25H24N4O2S3/c30-24-22(17-5-10-20(26-13-17)16-3-4-16)23-21(11-12-28(23)14-15-1-2-15)27-29(24)18-6-8-19(9-7-18)31-25(32,33)34/h5-13,15-16,32-34H,1-4,14H2. The lowest BCUT2D eigenvalue weighted by Gasteiger charge is -2.18. The summed E-state index contributed by atoms with van der Waals surface area (Å²) in [5.74, 6) is 1.77. The Labute approximate surface area is 213 Å². The van der Waals surface area contributed by atoms with Crippen molar-refractivity contribution in [3.8, 4) is 22.6 Å². The van der Waals surface area contributed by atoms with E-state index in [2.05, 4.69) is 53.5 Å². The molecular formula is C25H24N4O2S3. The van der Waals surface area contributed by atoms with Crippen LogP contribution < -0.4 is 10.3 Å². The summed E-state index contributed by atoms with van der Waals surface area (Å²) in [6.07, 6.45) is 8.73. The molecule has 2 aliphatic carbocycles. The van der Waals surface area contributed by atoms with Crippen molar-refractivity contribution < 1.29 is 4.74 Å². The van der Waals surface area contributed by atoms with Crippen LogP contribution >= 0.6 is 37.9 Å². The van der Waals surface area contributed by atoms with Crippen LogP contribution in [0, 0.1) is 5.92 Å². The molecule has 0 bridgehead atoms. The summed E-state index contributed by atoms with van der Waals surface area (Å²) < 4.78 is 7.97. The Kier molecular flexibility index (Phi) is 5.46. The molecule has 0 atom stereocenters. The molecule has 174 valence electrons. The van der Waals surface area contributed by atoms with E-state index in [0.29, 0.717) is 28.8 Å². The second kappa shape index (κ2) is 8.39. The second-order valence-corrected chi connectivity index (χ2v) is 12.1. The van der Waals surface area contributed by atoms with Crippen molar-refractivity contribution in [3.63, 3.8) is 0 Å². The predicted molar refractivity (Wildman–Crippen MR) is 144 cm³/mol. The lowest BCUT2D eigenvalue weighted by atomic mass is 10.1. The highest BCUT2D eigenvalue weighted by atomic mass is 32.2. The molecule has 2 aliphatic rings. The van der Waals surface area contributed by atoms with Gasteiger partial charge in [-0.25, -0.2) is 0 Å². The molecule has 6 rings (SSSR count). The van der Waals surface area contributed by atoms with Gasteiger partial charge in [0.15, 0.2) is 0 Å². The van der Waals surface area contributed by atoms with Gasteiger partial charge in [0.1, 0.15) is 11.3 Å². The largest absolute Gasteiger partial charge is 0.459 e. The van der Waals surface area contributed by atoms with Crippen molar-refractivity contribution in [3.05, 3.63) is 70.9 Å². The van der Waals surface area contributed by atoms with Gasteiger partial charge in [-0.1, -0.05) is 6.07 Å². The van der Waals surface area contributed by atoms with E-state index in [4.69, 9.17) is 9.84 Å². The maximum absolute atomic E-state index is 13.9. The van der Waals surface area contributed by atoms with Crippen LogP contribution in [0.15, 0.2) is 59.7 Å². The highest BCUT2D eigenvalue weighted by Gasteiger charge is 2.27. The molecule has 6 nitrogen and oxygen atoms in total. The van der Waals surface area contributed by atoms with Crippen LogP contribution in [0.4, 0.5) is 0 Å². The molecule has 0 unspecified atom stereocenters. The smallest absolute Gasteiger partial charge is 0.281 e. The van der Waals surface area contributed by atoms with E-state index in [1.807, 2.05) is 24.5 Å². The third-order valence-electron chi connectivity index (χ3n) is 6.35. The molecule has 2 fully saturated rings. The van der Waals surface area contributed by atoms with Crippen molar-refractivity contribution in [1.82, 2.24) is 19.3 Å². The molecule has 0 aliphatic heterocycles. The lowest BCUT2D eigenvalue weighted by Crippen LogP contribution is -2.24. The van der Waals surface area contributed by atoms with Crippen molar-refractivity contribution >= 4 is 48.9 Å². The Hall–Kier alpha value is -2.36. The maximum Gasteiger partial charge on any atom is 0.281 e. The number of aromatic nitrogens is 4. The van der Waals surface area contributed by atoms with Gasteiger partial charge in [-0.15, -0.1) is 37.9 Å². The minimum absolute atomic E-state index is 0.176. The molecule has 0 amide bonds. The summed E-state index contributed by atoms with van der Waals surface area (Å²) in [4.78, 5) is 18.6. The van der Waals surface area contributed by atoms with Crippen LogP contribution in [0.25, 0.3) is 27.8 Å². The molecule has 4 aromatic rings. The number of benzene rings is 1. The van der Waals surface area contributed by atoms with Gasteiger partial charge in [-0.2, -0.15) is 9.78 Å². The van der Waals surface area contributed by atoms with Gasteiger partial charge in [0.2, 0.25) is 3.60 Å². The van der Waals surface area contributed by atoms with Crippen LogP contribution in [0.1, 0.15) is 37.3 Å². The number of ether oxygens (including phenoxy) is 1. The fourth-order valence-electron chi connectivity index (χ4n) is 4.33. The van der Waals surface area contributed by atoms with Crippen molar-refractivity contribution in [2.45, 2.75) is 41.7 Å². The number of pyridine rings is 1. The quantitative estimate of drug-likeness (QED) is 0.234. The Balaban J connectivity index is 1.48. The van der Waals surface area contributed by atoms with Gasteiger partial charge in [0, 0.05) is 36.1 Å². The number of rotatable bonds is 7. The second-order valence-electron chi connectivity index (χ2n) is 9.15. The third kappa shape index (κ3) is 4.48. The first-order valence-corrected chi connectivity index (χ1v) is 12.7. The molecule has 34 heavy (non-hydrogen) atoms. The summed E-state index contributed by atoms with van der Waals surface area (Å²) in [6.45, 7) is 0.903. The summed E-state index contributed by atoms with van der Waals surface area (Å²) in [7, 11) is 0. The van der Waals surface area contributed by atoms with Gasteiger partial charge in [0.25, 0.3) is 5.56 Å². The van der Waals surface area contributed by atoms with Crippen LogP contribution in [0.2, 0.25) is 0 Å². The average molecular weight is 509 g/mol. The van der Waals surface area contributed by atoms with E-state index in [9.17, 15) is 4.79 Å². The highest BCUT2D eigenvalue weighted by molar-refractivity contribution is 8.16. The van der Waals surface area contributed by atoms with Crippen LogP contribution in [0.3, 0.4) is 0 Å². The Bertz CT molecular complexity index is 1410. The van der Waals surface area contributed by atoms with Gasteiger partial charge >= 0.3 is 0 Å². The van der Waals surface area contributed by atoms with E-state index in [0.717, 1.165) is 28.8 Å². The third-order valence-corrected chi connectivity index (χ3v) is 6.63. The first-order valence-electron chi connectivity index (χ1n) is 11.4. The van der Waals surface area contributed by atoms with E-state index in [1.54, 1.807) is 24.3 Å². The first-order chi connectivity index (χ1) is 16.4. The minimum Gasteiger partial charge on any atom is -0.459 e. The molecule has 1 aromatic carbocycles. The number of thiol groups is 3. The molecule has 2 saturated carbocycles. The Morgan fingerprint density at radius 3 is 2.38 bits per heavy atom. The molecule has 9 heteroatoms. The summed E-state index contributed by atoms with van der Waals surface area (Å²) in [5.41, 5.74) is 4.67. The lowest BCUT2D eigenvalue weighted by molar-refractivity contribution is 0.345. The topological polar surface area (TPSA) is 61.9 Å². The first kappa shape index (κ1) is 22.1. The van der Waals surface area contributed by atoms with E-state index < -0.39 is 3.60 Å². The number of fused-ring (bicyclic) bond motifs is 1. The summed E-state index contributed by atoms with van der Waals surface area (Å²) in [6, 6.07) is 13.1. The molecule has 0 saturated heterocycles. The van der Waals surface area contributed by atoms with Crippen LogP contribution in [-0.4, -0.2) is 22.9 Å². The predicted octanol–water partition coefficient (Wildman–Crippen LogP) is 5.32. The van der Waals surface area contributed by atoms with Crippen molar-refractivity contribution in [2.24, 2.45) is 5.92 Å². The van der Waals surface area contributed by atoms with E-state index >= 15 is 0 Å². The Morgan fingerprint density at radius 1 is 1.00 bits per heavy atom. The van der Waals surface area contributed by atoms with Crippen molar-refractivity contribution in [2.75, 3.05) is 0 Å². The average Bonchev–Trinajstić information content (AvgIpc) is 3.72. The van der Waals surface area contributed by atoms with Gasteiger partial charge in [-0.3, -0.25) is 9.78 Å². The number of nitrogens with zero attached hydrogens (tertiary/aromatic N) is 4. The van der Waals surface area contributed by atoms with Gasteiger partial charge in [0.05, 0.1) is 16.8 Å². The normalized spacial score (nSPS) is 16.2. The zero-order chi connectivity index (χ0) is 23.4. The molecule has 3 aromatic heterocycles. The molecule has 0 N–H and O–H groups in total. The Morgan fingerprint density at radius 2 is 1.76 bits per heavy atom. The van der Waals surface area contributed by atoms with Crippen LogP contribution in [0.5, 0.6) is 5.75 Å². The highest BCUT2D eigenvalue weighted by Crippen LogP contribution is 2.39. The SMILES string of the molecule is O=c1c(-c2ccc(C3CC3)nc2)c2c(ccn2CC2CC2)nn1-c1ccc(OC(S)(S)S)cc1. The molecule has 0 spiro atoms. The van der Waals surface area contributed by atoms with Gasteiger partial charge in [-0.05, 0) is 68.0 Å². The summed E-state index contributed by atoms with van der Waals surface area (Å²) >= 11 is 12.5. The molecule has 3 heterocycles.